The predicted molar refractivity (Wildman–Crippen MR) is 121 cm³/mol. The molecule has 2 aromatic heterocycles. The molecule has 2 heterocycles. The van der Waals surface area contributed by atoms with E-state index in [1.165, 1.54) is 16.6 Å². The van der Waals surface area contributed by atoms with Gasteiger partial charge in [0.05, 0.1) is 6.61 Å². The number of H-pyrrole nitrogens is 1. The maximum absolute atomic E-state index is 13.4. The second-order valence-electron chi connectivity index (χ2n) is 7.47. The van der Waals surface area contributed by atoms with E-state index in [0.29, 0.717) is 5.39 Å². The number of aromatic nitrogens is 3. The highest BCUT2D eigenvalue weighted by molar-refractivity contribution is 6.34. The van der Waals surface area contributed by atoms with E-state index in [1.54, 1.807) is 12.1 Å². The number of rotatable bonds is 7. The number of hydrogen-bond acceptors (Lipinski definition) is 6. The molecule has 0 saturated carbocycles. The summed E-state index contributed by atoms with van der Waals surface area (Å²) in [6.07, 6.45) is 0. The summed E-state index contributed by atoms with van der Waals surface area (Å²) >= 11 is 6.28. The van der Waals surface area contributed by atoms with Gasteiger partial charge in [0.25, 0.3) is 11.5 Å². The van der Waals surface area contributed by atoms with Gasteiger partial charge in [0.15, 0.2) is 5.69 Å². The van der Waals surface area contributed by atoms with Gasteiger partial charge in [-0.2, -0.15) is 0 Å². The molecule has 31 heavy (non-hydrogen) atoms. The Morgan fingerprint density at radius 3 is 2.71 bits per heavy atom. The number of benzene rings is 1. The van der Waals surface area contributed by atoms with Gasteiger partial charge in [-0.15, -0.1) is 0 Å². The van der Waals surface area contributed by atoms with Crippen LogP contribution >= 0.6 is 11.6 Å². The summed E-state index contributed by atoms with van der Waals surface area (Å²) in [4.78, 5) is 46.0. The number of halogens is 1. The molecule has 164 valence electrons. The summed E-state index contributed by atoms with van der Waals surface area (Å²) < 4.78 is 6.36. The van der Waals surface area contributed by atoms with Crippen molar-refractivity contribution in [1.82, 2.24) is 14.5 Å². The standard InChI is InChI=1S/C21H24ClN5O4/c1-12(2)11-27-18(23)16(19(28)25-21(27)30)26(8-9-31-3)20(29)15-10-13-6-4-5-7-14(13)17(22)24-15/h4-7,10,12H,8-9,11,23H2,1-3H3,(H,25,28,30). The van der Waals surface area contributed by atoms with Crippen LogP contribution in [0.2, 0.25) is 5.15 Å². The lowest BCUT2D eigenvalue weighted by Gasteiger charge is -2.24. The van der Waals surface area contributed by atoms with E-state index >= 15 is 0 Å². The van der Waals surface area contributed by atoms with Gasteiger partial charge in [-0.1, -0.05) is 49.7 Å². The lowest BCUT2D eigenvalue weighted by Crippen LogP contribution is -2.43. The summed E-state index contributed by atoms with van der Waals surface area (Å²) in [5.74, 6) is -0.599. The van der Waals surface area contributed by atoms with E-state index in [-0.39, 0.29) is 48.0 Å². The third-order valence-corrected chi connectivity index (χ3v) is 5.00. The van der Waals surface area contributed by atoms with Gasteiger partial charge < -0.3 is 10.5 Å². The Hall–Kier alpha value is -3.17. The van der Waals surface area contributed by atoms with Gasteiger partial charge in [0.1, 0.15) is 16.7 Å². The Bertz CT molecular complexity index is 1230. The zero-order valence-electron chi connectivity index (χ0n) is 17.5. The molecular formula is C21H24ClN5O4. The van der Waals surface area contributed by atoms with Crippen LogP contribution in [0, 0.1) is 5.92 Å². The van der Waals surface area contributed by atoms with Crippen LogP contribution in [0.4, 0.5) is 11.5 Å². The molecule has 3 rings (SSSR count). The number of fused-ring (bicyclic) bond motifs is 1. The smallest absolute Gasteiger partial charge is 0.330 e. The first-order valence-corrected chi connectivity index (χ1v) is 10.1. The lowest BCUT2D eigenvalue weighted by molar-refractivity contribution is 0.0971. The average Bonchev–Trinajstić information content (AvgIpc) is 2.72. The van der Waals surface area contributed by atoms with Gasteiger partial charge in [-0.3, -0.25) is 24.0 Å². The number of nitrogens with two attached hydrogens (primary N) is 1. The molecule has 3 aromatic rings. The predicted octanol–water partition coefficient (Wildman–Crippen LogP) is 2.27. The molecule has 0 radical (unpaired) electrons. The molecule has 1 aromatic carbocycles. The maximum atomic E-state index is 13.4. The molecule has 0 fully saturated rings. The van der Waals surface area contributed by atoms with Crippen molar-refractivity contribution in [2.75, 3.05) is 30.9 Å². The van der Waals surface area contributed by atoms with Gasteiger partial charge in [-0.25, -0.2) is 9.78 Å². The first-order chi connectivity index (χ1) is 14.7. The van der Waals surface area contributed by atoms with Crippen molar-refractivity contribution in [2.45, 2.75) is 20.4 Å². The number of nitrogens with one attached hydrogen (secondary N) is 1. The molecule has 0 aliphatic rings. The Labute approximate surface area is 183 Å². The Balaban J connectivity index is 2.16. The van der Waals surface area contributed by atoms with E-state index in [4.69, 9.17) is 22.1 Å². The van der Waals surface area contributed by atoms with Crippen molar-refractivity contribution in [1.29, 1.82) is 0 Å². The summed E-state index contributed by atoms with van der Waals surface area (Å²) in [6, 6.07) is 8.84. The number of aromatic amines is 1. The normalized spacial score (nSPS) is 11.3. The van der Waals surface area contributed by atoms with Gasteiger partial charge in [-0.05, 0) is 17.4 Å². The van der Waals surface area contributed by atoms with Gasteiger partial charge in [0.2, 0.25) is 0 Å². The molecule has 0 unspecified atom stereocenters. The minimum atomic E-state index is -0.765. The van der Waals surface area contributed by atoms with Crippen LogP contribution in [-0.4, -0.2) is 40.7 Å². The zero-order valence-corrected chi connectivity index (χ0v) is 18.3. The SMILES string of the molecule is COCCN(C(=O)c1cc2ccccc2c(Cl)n1)c1c(N)n(CC(C)C)c(=O)[nH]c1=O. The zero-order chi connectivity index (χ0) is 22.7. The molecule has 9 nitrogen and oxygen atoms in total. The second-order valence-corrected chi connectivity index (χ2v) is 7.82. The third kappa shape index (κ3) is 4.62. The number of methoxy groups -OCH3 is 1. The number of carbonyl (C=O) groups excluding carboxylic acids is 1. The van der Waals surface area contributed by atoms with Crippen LogP contribution in [-0.2, 0) is 11.3 Å². The van der Waals surface area contributed by atoms with Gasteiger partial charge in [0, 0.05) is 25.6 Å². The summed E-state index contributed by atoms with van der Waals surface area (Å²) in [5.41, 5.74) is 4.72. The molecule has 3 N–H and O–H groups in total. The fraction of sp³-hybridized carbons (Fsp3) is 0.333. The van der Waals surface area contributed by atoms with Crippen molar-refractivity contribution < 1.29 is 9.53 Å². The monoisotopic (exact) mass is 445 g/mol. The number of hydrogen-bond donors (Lipinski definition) is 2. The van der Waals surface area contributed by atoms with Crippen LogP contribution in [0.5, 0.6) is 0 Å². The number of ether oxygens (including phenoxy) is 1. The highest BCUT2D eigenvalue weighted by Crippen LogP contribution is 2.25. The van der Waals surface area contributed by atoms with Crippen LogP contribution in [0.15, 0.2) is 39.9 Å². The number of carbonyl (C=O) groups is 1. The quantitative estimate of drug-likeness (QED) is 0.538. The average molecular weight is 446 g/mol. The first-order valence-electron chi connectivity index (χ1n) is 9.73. The first kappa shape index (κ1) is 22.5. The van der Waals surface area contributed by atoms with Crippen molar-refractivity contribution in [3.8, 4) is 0 Å². The molecule has 0 saturated heterocycles. The highest BCUT2D eigenvalue weighted by atomic mass is 35.5. The minimum Gasteiger partial charge on any atom is -0.383 e. The molecule has 1 amide bonds. The molecule has 0 aliphatic carbocycles. The molecule has 0 bridgehead atoms. The molecular weight excluding hydrogens is 422 g/mol. The topological polar surface area (TPSA) is 123 Å². The highest BCUT2D eigenvalue weighted by Gasteiger charge is 2.26. The number of anilines is 2. The van der Waals surface area contributed by atoms with Crippen LogP contribution in [0.1, 0.15) is 24.3 Å². The number of nitrogen functional groups attached to an aromatic ring is 1. The Kier molecular flexibility index (Phi) is 6.77. The number of nitrogens with zero attached hydrogens (tertiary/aromatic N) is 3. The lowest BCUT2D eigenvalue weighted by atomic mass is 10.1. The largest absolute Gasteiger partial charge is 0.383 e. The third-order valence-electron chi connectivity index (χ3n) is 4.71. The minimum absolute atomic E-state index is 0.0224. The van der Waals surface area contributed by atoms with Crippen LogP contribution in [0.25, 0.3) is 10.8 Å². The molecule has 10 heteroatoms. The summed E-state index contributed by atoms with van der Waals surface area (Å²) in [6.45, 7) is 4.25. The number of pyridine rings is 1. The maximum Gasteiger partial charge on any atom is 0.330 e. The van der Waals surface area contributed by atoms with E-state index in [9.17, 15) is 14.4 Å². The van der Waals surface area contributed by atoms with Crippen LogP contribution < -0.4 is 21.9 Å². The van der Waals surface area contributed by atoms with Crippen molar-refractivity contribution in [3.63, 3.8) is 0 Å². The number of amides is 1. The molecule has 0 aliphatic heterocycles. The van der Waals surface area contributed by atoms with Crippen molar-refractivity contribution in [3.05, 3.63) is 62.0 Å². The van der Waals surface area contributed by atoms with Gasteiger partial charge >= 0.3 is 5.69 Å². The molecule has 0 atom stereocenters. The Morgan fingerprint density at radius 1 is 1.32 bits per heavy atom. The Morgan fingerprint density at radius 2 is 2.03 bits per heavy atom. The van der Waals surface area contributed by atoms with E-state index in [1.807, 2.05) is 32.0 Å². The summed E-state index contributed by atoms with van der Waals surface area (Å²) in [5, 5.41) is 1.59. The fourth-order valence-corrected chi connectivity index (χ4v) is 3.55. The van der Waals surface area contributed by atoms with E-state index in [0.717, 1.165) is 5.39 Å². The van der Waals surface area contributed by atoms with Crippen LogP contribution in [0.3, 0.4) is 0 Å². The van der Waals surface area contributed by atoms with Crippen molar-refractivity contribution >= 4 is 39.8 Å². The van der Waals surface area contributed by atoms with E-state index in [2.05, 4.69) is 9.97 Å². The second kappa shape index (κ2) is 9.32. The summed E-state index contributed by atoms with van der Waals surface area (Å²) in [7, 11) is 1.47. The van der Waals surface area contributed by atoms with Crippen molar-refractivity contribution in [2.24, 2.45) is 5.92 Å². The molecule has 0 spiro atoms. The van der Waals surface area contributed by atoms with E-state index < -0.39 is 17.2 Å². The fourth-order valence-electron chi connectivity index (χ4n) is 3.29.